The molecule has 0 unspecified atom stereocenters. The number of anilines is 4. The summed E-state index contributed by atoms with van der Waals surface area (Å²) >= 11 is 0. The van der Waals surface area contributed by atoms with Crippen molar-refractivity contribution in [1.29, 1.82) is 0 Å². The molecule has 0 fully saturated rings. The molecule has 8 rings (SSSR count). The molecular formula is C41H30N4. The van der Waals surface area contributed by atoms with Crippen molar-refractivity contribution in [2.45, 2.75) is 0 Å². The lowest BCUT2D eigenvalue weighted by atomic mass is 9.95. The summed E-state index contributed by atoms with van der Waals surface area (Å²) in [5.74, 6) is 0. The van der Waals surface area contributed by atoms with Crippen molar-refractivity contribution in [1.82, 2.24) is 9.55 Å². The van der Waals surface area contributed by atoms with Gasteiger partial charge in [-0.05, 0) is 59.7 Å². The van der Waals surface area contributed by atoms with Gasteiger partial charge in [0.15, 0.2) is 0 Å². The number of aromatic nitrogens is 2. The van der Waals surface area contributed by atoms with Crippen LogP contribution in [0.3, 0.4) is 0 Å². The molecule has 4 nitrogen and oxygen atoms in total. The fourth-order valence-electron chi connectivity index (χ4n) is 5.64. The number of rotatable bonds is 7. The molecule has 2 N–H and O–H groups in total. The van der Waals surface area contributed by atoms with Crippen molar-refractivity contribution in [3.8, 4) is 27.9 Å². The van der Waals surface area contributed by atoms with Crippen molar-refractivity contribution in [2.75, 3.05) is 10.6 Å². The van der Waals surface area contributed by atoms with E-state index in [1.165, 1.54) is 0 Å². The summed E-state index contributed by atoms with van der Waals surface area (Å²) in [6, 6.07) is 26.9. The van der Waals surface area contributed by atoms with Crippen LogP contribution in [0.4, 0.5) is 22.7 Å². The highest BCUT2D eigenvalue weighted by Crippen LogP contribution is 2.41. The fourth-order valence-corrected chi connectivity index (χ4v) is 5.64. The highest BCUT2D eigenvalue weighted by atomic mass is 15.0. The Hall–Kier alpha value is -6.13. The van der Waals surface area contributed by atoms with Gasteiger partial charge in [0.25, 0.3) is 0 Å². The van der Waals surface area contributed by atoms with Crippen LogP contribution in [-0.2, 0) is 0 Å². The van der Waals surface area contributed by atoms with Gasteiger partial charge in [-0.25, -0.2) is 4.98 Å². The van der Waals surface area contributed by atoms with E-state index in [0.717, 1.165) is 33.3 Å². The van der Waals surface area contributed by atoms with E-state index < -0.39 is 60.4 Å². The van der Waals surface area contributed by atoms with Gasteiger partial charge in [-0.15, -0.1) is 0 Å². The average Bonchev–Trinajstić information content (AvgIpc) is 3.54. The van der Waals surface area contributed by atoms with Crippen molar-refractivity contribution in [3.05, 3.63) is 170 Å². The lowest BCUT2D eigenvalue weighted by molar-refractivity contribution is 1.14. The van der Waals surface area contributed by atoms with E-state index in [1.54, 1.807) is 36.5 Å². The largest absolute Gasteiger partial charge is 0.354 e. The Bertz CT molecular complexity index is 2650. The SMILES string of the molecule is [2H]c1c([2H])c([2H])c(-c2cccc(-c3c([2H])c([2H])c([2H])c([2H])c3[2H])c2Nc2ccccc2Nc2cccc(-n3c4ccccc4c4cccnc43)c2)c([2H])c1[2H]. The van der Waals surface area contributed by atoms with Crippen molar-refractivity contribution < 1.29 is 13.7 Å². The average molecular weight is 589 g/mol. The molecule has 0 spiro atoms. The molecule has 6 aromatic carbocycles. The van der Waals surface area contributed by atoms with Crippen LogP contribution in [0.5, 0.6) is 0 Å². The van der Waals surface area contributed by atoms with Crippen LogP contribution in [0, 0.1) is 0 Å². The number of hydrogen-bond donors (Lipinski definition) is 2. The van der Waals surface area contributed by atoms with E-state index in [2.05, 4.69) is 27.3 Å². The summed E-state index contributed by atoms with van der Waals surface area (Å²) in [4.78, 5) is 4.70. The maximum Gasteiger partial charge on any atom is 0.145 e. The lowest BCUT2D eigenvalue weighted by Crippen LogP contribution is -2.01. The van der Waals surface area contributed by atoms with Gasteiger partial charge >= 0.3 is 0 Å². The molecule has 0 radical (unpaired) electrons. The molecule has 0 amide bonds. The topological polar surface area (TPSA) is 41.9 Å². The third kappa shape index (κ3) is 4.98. The van der Waals surface area contributed by atoms with Crippen molar-refractivity contribution in [2.24, 2.45) is 0 Å². The Labute approximate surface area is 276 Å². The summed E-state index contributed by atoms with van der Waals surface area (Å²) in [5.41, 5.74) is 4.83. The number of nitrogens with one attached hydrogen (secondary N) is 2. The number of nitrogens with zero attached hydrogens (tertiary/aromatic N) is 2. The third-order valence-electron chi connectivity index (χ3n) is 7.61. The smallest absolute Gasteiger partial charge is 0.145 e. The maximum atomic E-state index is 8.80. The highest BCUT2D eigenvalue weighted by molar-refractivity contribution is 6.07. The van der Waals surface area contributed by atoms with Crippen molar-refractivity contribution in [3.63, 3.8) is 0 Å². The Morgan fingerprint density at radius 2 is 1.18 bits per heavy atom. The Morgan fingerprint density at radius 1 is 0.556 bits per heavy atom. The van der Waals surface area contributed by atoms with Gasteiger partial charge in [0.1, 0.15) is 5.65 Å². The standard InChI is InChI=1S/C41H30N4/c1-3-14-29(15-4-1)33-21-12-22-34(30-16-5-2-6-17-30)40(33)44-38-25-9-8-24-37(38)43-31-18-11-19-32(28-31)45-39-26-10-7-20-35(39)36-23-13-27-42-41(36)45/h1-28,43-44H/i1D,2D,3D,4D,5D,6D,14D,15D,16D,17D. The molecule has 2 aromatic heterocycles. The molecule has 45 heavy (non-hydrogen) atoms. The number of benzene rings is 6. The Kier molecular flexibility index (Phi) is 4.57. The molecule has 0 aliphatic carbocycles. The second-order valence-corrected chi connectivity index (χ2v) is 10.3. The van der Waals surface area contributed by atoms with Crippen molar-refractivity contribution >= 4 is 44.7 Å². The molecule has 0 aliphatic rings. The van der Waals surface area contributed by atoms with Gasteiger partial charge in [0.05, 0.1) is 36.3 Å². The summed E-state index contributed by atoms with van der Waals surface area (Å²) in [6.07, 6.45) is 1.77. The minimum Gasteiger partial charge on any atom is -0.354 e. The molecular weight excluding hydrogens is 548 g/mol. The second kappa shape index (κ2) is 11.5. The van der Waals surface area contributed by atoms with E-state index in [-0.39, 0.29) is 27.9 Å². The summed E-state index contributed by atoms with van der Waals surface area (Å²) < 4.78 is 87.2. The van der Waals surface area contributed by atoms with Crippen LogP contribution in [0.1, 0.15) is 13.7 Å². The first-order valence-corrected chi connectivity index (χ1v) is 14.3. The van der Waals surface area contributed by atoms with Gasteiger partial charge in [-0.2, -0.15) is 0 Å². The first-order valence-electron chi connectivity index (χ1n) is 19.3. The zero-order valence-electron chi connectivity index (χ0n) is 33.8. The zero-order chi connectivity index (χ0) is 38.7. The highest BCUT2D eigenvalue weighted by Gasteiger charge is 2.15. The van der Waals surface area contributed by atoms with Crippen LogP contribution < -0.4 is 10.6 Å². The summed E-state index contributed by atoms with van der Waals surface area (Å²) in [7, 11) is 0. The summed E-state index contributed by atoms with van der Waals surface area (Å²) in [6.45, 7) is 0. The zero-order valence-corrected chi connectivity index (χ0v) is 23.8. The maximum absolute atomic E-state index is 8.80. The molecule has 0 aliphatic heterocycles. The molecule has 4 heteroatoms. The third-order valence-corrected chi connectivity index (χ3v) is 7.61. The van der Waals surface area contributed by atoms with Gasteiger partial charge in [-0.1, -0.05) is 115 Å². The molecule has 2 heterocycles. The van der Waals surface area contributed by atoms with Crippen LogP contribution in [0.15, 0.2) is 170 Å². The van der Waals surface area contributed by atoms with Gasteiger partial charge < -0.3 is 10.6 Å². The molecule has 0 saturated carbocycles. The van der Waals surface area contributed by atoms with E-state index in [4.69, 9.17) is 18.7 Å². The number of para-hydroxylation sites is 4. The van der Waals surface area contributed by atoms with Crippen LogP contribution in [0.25, 0.3) is 49.9 Å². The van der Waals surface area contributed by atoms with Gasteiger partial charge in [0.2, 0.25) is 0 Å². The van der Waals surface area contributed by atoms with Crippen LogP contribution in [0.2, 0.25) is 0 Å². The minimum atomic E-state index is -0.552. The van der Waals surface area contributed by atoms with Crippen LogP contribution >= 0.6 is 0 Å². The number of pyridine rings is 1. The first kappa shape index (κ1) is 17.9. The molecule has 0 atom stereocenters. The second-order valence-electron chi connectivity index (χ2n) is 10.3. The Balaban J connectivity index is 1.29. The molecule has 0 bridgehead atoms. The molecule has 0 saturated heterocycles. The van der Waals surface area contributed by atoms with E-state index in [0.29, 0.717) is 11.4 Å². The predicted octanol–water partition coefficient (Wildman–Crippen LogP) is 11.0. The monoisotopic (exact) mass is 588 g/mol. The van der Waals surface area contributed by atoms with Crippen LogP contribution in [-0.4, -0.2) is 9.55 Å². The minimum absolute atomic E-state index is 0.111. The predicted molar refractivity (Wildman–Crippen MR) is 189 cm³/mol. The van der Waals surface area contributed by atoms with Gasteiger partial charge in [-0.3, -0.25) is 4.57 Å². The molecule has 8 aromatic rings. The fraction of sp³-hybridized carbons (Fsp3) is 0. The normalized spacial score (nSPS) is 14.2. The Morgan fingerprint density at radius 3 is 1.91 bits per heavy atom. The van der Waals surface area contributed by atoms with E-state index >= 15 is 0 Å². The lowest BCUT2D eigenvalue weighted by Gasteiger charge is -2.20. The summed E-state index contributed by atoms with van der Waals surface area (Å²) in [5, 5.41) is 8.98. The number of hydrogen-bond acceptors (Lipinski definition) is 3. The van der Waals surface area contributed by atoms with E-state index in [1.807, 2.05) is 60.7 Å². The number of fused-ring (bicyclic) bond motifs is 3. The quantitative estimate of drug-likeness (QED) is 0.195. The first-order chi connectivity index (χ1) is 26.5. The molecule has 214 valence electrons. The van der Waals surface area contributed by atoms with E-state index in [9.17, 15) is 0 Å². The van der Waals surface area contributed by atoms with Gasteiger partial charge in [0, 0.05) is 39.5 Å².